The van der Waals surface area contributed by atoms with Gasteiger partial charge in [0.1, 0.15) is 6.10 Å². The normalized spacial score (nSPS) is 30.9. The monoisotopic (exact) mass is 450 g/mol. The minimum atomic E-state index is -4.83. The van der Waals surface area contributed by atoms with Crippen molar-refractivity contribution in [2.75, 3.05) is 20.2 Å². The lowest BCUT2D eigenvalue weighted by Gasteiger charge is -2.32. The molecule has 2 fully saturated rings. The highest BCUT2D eigenvalue weighted by atomic mass is 19.4. The van der Waals surface area contributed by atoms with Gasteiger partial charge in [0.05, 0.1) is 7.11 Å². The Hall–Kier alpha value is -2.43. The first kappa shape index (κ1) is 23.2. The van der Waals surface area contributed by atoms with Crippen molar-refractivity contribution in [1.29, 1.82) is 0 Å². The molecule has 2 heterocycles. The van der Waals surface area contributed by atoms with Gasteiger partial charge in [0, 0.05) is 42.8 Å². The van der Waals surface area contributed by atoms with Crippen molar-refractivity contribution in [2.24, 2.45) is 11.8 Å². The van der Waals surface area contributed by atoms with E-state index in [0.717, 1.165) is 26.2 Å². The molecule has 1 aromatic rings. The van der Waals surface area contributed by atoms with E-state index < -0.39 is 53.0 Å². The molecule has 2 N–H and O–H groups in total. The van der Waals surface area contributed by atoms with E-state index in [4.69, 9.17) is 9.47 Å². The molecule has 31 heavy (non-hydrogen) atoms. The standard InChI is InChI=1S/C20H23F5N2O4/c1-9-14(11-4-5-12(21)15(22)16(11)30-3)17(31-19(9,2)20(23,24)25)18(29)27-8-10-6-13(28)26-7-10/h4-5,9-10,14,17H,6-8H2,1-3H3,(H,26,28)(H,27,29)/t9-,10+,14-,17+,19+/m0/s1. The SMILES string of the molecule is COc1c([C@H]2[C@H](C(=O)NC[C@H]3CNC(=O)C3)O[C@@](C)(C(F)(F)F)[C@H]2C)ccc(F)c1F. The summed E-state index contributed by atoms with van der Waals surface area (Å²) < 4.78 is 79.7. The highest BCUT2D eigenvalue weighted by molar-refractivity contribution is 5.83. The van der Waals surface area contributed by atoms with E-state index in [1.807, 2.05) is 0 Å². The number of hydrogen-bond donors (Lipinski definition) is 2. The molecular formula is C20H23F5N2O4. The van der Waals surface area contributed by atoms with Crippen LogP contribution in [0.3, 0.4) is 0 Å². The number of carbonyl (C=O) groups is 2. The molecule has 172 valence electrons. The highest BCUT2D eigenvalue weighted by Gasteiger charge is 2.65. The van der Waals surface area contributed by atoms with Crippen molar-refractivity contribution in [3.63, 3.8) is 0 Å². The number of alkyl halides is 3. The summed E-state index contributed by atoms with van der Waals surface area (Å²) in [5.41, 5.74) is -2.81. The zero-order valence-corrected chi connectivity index (χ0v) is 17.1. The molecule has 11 heteroatoms. The maximum atomic E-state index is 14.3. The van der Waals surface area contributed by atoms with Crippen LogP contribution in [0, 0.1) is 23.5 Å². The topological polar surface area (TPSA) is 76.7 Å². The predicted molar refractivity (Wildman–Crippen MR) is 98.3 cm³/mol. The molecule has 0 radical (unpaired) electrons. The Morgan fingerprint density at radius 1 is 1.35 bits per heavy atom. The van der Waals surface area contributed by atoms with E-state index in [2.05, 4.69) is 10.6 Å². The molecule has 2 amide bonds. The second-order valence-electron chi connectivity index (χ2n) is 8.06. The third kappa shape index (κ3) is 4.07. The highest BCUT2D eigenvalue weighted by Crippen LogP contribution is 2.54. The van der Waals surface area contributed by atoms with Gasteiger partial charge in [-0.2, -0.15) is 17.6 Å². The van der Waals surface area contributed by atoms with Gasteiger partial charge in [-0.1, -0.05) is 13.0 Å². The Morgan fingerprint density at radius 3 is 2.58 bits per heavy atom. The Labute approximate surface area is 175 Å². The first-order valence-electron chi connectivity index (χ1n) is 9.71. The number of hydrogen-bond acceptors (Lipinski definition) is 4. The van der Waals surface area contributed by atoms with Crippen molar-refractivity contribution in [3.8, 4) is 5.75 Å². The van der Waals surface area contributed by atoms with Crippen molar-refractivity contribution < 1.29 is 41.0 Å². The van der Waals surface area contributed by atoms with Crippen LogP contribution in [0.5, 0.6) is 5.75 Å². The van der Waals surface area contributed by atoms with Crippen LogP contribution >= 0.6 is 0 Å². The van der Waals surface area contributed by atoms with Gasteiger partial charge in [0.15, 0.2) is 17.2 Å². The van der Waals surface area contributed by atoms with Crippen molar-refractivity contribution >= 4 is 11.8 Å². The maximum absolute atomic E-state index is 14.3. The fourth-order valence-corrected chi connectivity index (χ4v) is 4.19. The van der Waals surface area contributed by atoms with Crippen molar-refractivity contribution in [2.45, 2.75) is 44.1 Å². The number of nitrogens with one attached hydrogen (secondary N) is 2. The number of halogens is 5. The van der Waals surface area contributed by atoms with Crippen LogP contribution in [0.4, 0.5) is 22.0 Å². The van der Waals surface area contributed by atoms with Crippen LogP contribution in [-0.4, -0.2) is 49.9 Å². The molecule has 2 aliphatic rings. The summed E-state index contributed by atoms with van der Waals surface area (Å²) in [6.45, 7) is 2.45. The van der Waals surface area contributed by atoms with Gasteiger partial charge in [-0.15, -0.1) is 0 Å². The fourth-order valence-electron chi connectivity index (χ4n) is 4.19. The lowest BCUT2D eigenvalue weighted by atomic mass is 9.77. The van der Waals surface area contributed by atoms with E-state index in [9.17, 15) is 31.5 Å². The molecule has 0 aliphatic carbocycles. The molecule has 0 bridgehead atoms. The molecule has 0 spiro atoms. The van der Waals surface area contributed by atoms with Crippen molar-refractivity contribution in [3.05, 3.63) is 29.3 Å². The van der Waals surface area contributed by atoms with E-state index in [1.165, 1.54) is 6.92 Å². The van der Waals surface area contributed by atoms with Gasteiger partial charge in [-0.05, 0) is 13.0 Å². The maximum Gasteiger partial charge on any atom is 0.417 e. The summed E-state index contributed by atoms with van der Waals surface area (Å²) in [6, 6.07) is 1.87. The van der Waals surface area contributed by atoms with Gasteiger partial charge in [0.25, 0.3) is 0 Å². The van der Waals surface area contributed by atoms with Gasteiger partial charge < -0.3 is 20.1 Å². The lowest BCUT2D eigenvalue weighted by molar-refractivity contribution is -0.272. The first-order chi connectivity index (χ1) is 14.4. The minimum Gasteiger partial charge on any atom is -0.493 e. The predicted octanol–water partition coefficient (Wildman–Crippen LogP) is 2.67. The Bertz CT molecular complexity index is 878. The average molecular weight is 450 g/mol. The number of methoxy groups -OCH3 is 1. The third-order valence-electron chi connectivity index (χ3n) is 6.20. The number of ether oxygens (including phenoxy) is 2. The van der Waals surface area contributed by atoms with Crippen LogP contribution in [0.25, 0.3) is 0 Å². The van der Waals surface area contributed by atoms with E-state index >= 15 is 0 Å². The Morgan fingerprint density at radius 2 is 2.03 bits per heavy atom. The second kappa shape index (κ2) is 8.25. The van der Waals surface area contributed by atoms with Gasteiger partial charge in [-0.25, -0.2) is 4.39 Å². The molecule has 0 aromatic heterocycles. The Kier molecular flexibility index (Phi) is 6.18. The summed E-state index contributed by atoms with van der Waals surface area (Å²) in [7, 11) is 1.06. The molecule has 0 unspecified atom stereocenters. The summed E-state index contributed by atoms with van der Waals surface area (Å²) in [4.78, 5) is 24.2. The quantitative estimate of drug-likeness (QED) is 0.677. The molecule has 5 atom stereocenters. The summed E-state index contributed by atoms with van der Waals surface area (Å²) in [6.07, 6.45) is -6.28. The van der Waals surface area contributed by atoms with Crippen molar-refractivity contribution in [1.82, 2.24) is 10.6 Å². The van der Waals surface area contributed by atoms with Crippen LogP contribution < -0.4 is 15.4 Å². The first-order valence-corrected chi connectivity index (χ1v) is 9.71. The lowest BCUT2D eigenvalue weighted by Crippen LogP contribution is -2.47. The molecule has 3 rings (SSSR count). The summed E-state index contributed by atoms with van der Waals surface area (Å²) in [5.74, 6) is -6.98. The molecule has 6 nitrogen and oxygen atoms in total. The van der Waals surface area contributed by atoms with Crippen LogP contribution in [0.2, 0.25) is 0 Å². The largest absolute Gasteiger partial charge is 0.493 e. The van der Waals surface area contributed by atoms with Gasteiger partial charge in [0.2, 0.25) is 17.6 Å². The molecule has 2 saturated heterocycles. The van der Waals surface area contributed by atoms with E-state index in [0.29, 0.717) is 6.54 Å². The fraction of sp³-hybridized carbons (Fsp3) is 0.600. The number of carbonyl (C=O) groups excluding carboxylic acids is 2. The van der Waals surface area contributed by atoms with E-state index in [-0.39, 0.29) is 30.4 Å². The third-order valence-corrected chi connectivity index (χ3v) is 6.20. The molecule has 1 aromatic carbocycles. The molecular weight excluding hydrogens is 427 g/mol. The molecule has 2 aliphatic heterocycles. The van der Waals surface area contributed by atoms with Crippen LogP contribution in [-0.2, 0) is 14.3 Å². The van der Waals surface area contributed by atoms with Crippen LogP contribution in [0.15, 0.2) is 12.1 Å². The average Bonchev–Trinajstić information content (AvgIpc) is 3.23. The number of amides is 2. The number of benzene rings is 1. The number of rotatable bonds is 5. The zero-order chi connectivity index (χ0) is 23.1. The van der Waals surface area contributed by atoms with Gasteiger partial charge >= 0.3 is 6.18 Å². The van der Waals surface area contributed by atoms with E-state index in [1.54, 1.807) is 0 Å². The minimum absolute atomic E-state index is 0.0518. The Balaban J connectivity index is 1.96. The summed E-state index contributed by atoms with van der Waals surface area (Å²) >= 11 is 0. The van der Waals surface area contributed by atoms with Gasteiger partial charge in [-0.3, -0.25) is 9.59 Å². The van der Waals surface area contributed by atoms with Crippen LogP contribution in [0.1, 0.15) is 31.7 Å². The zero-order valence-electron chi connectivity index (χ0n) is 17.1. The molecule has 0 saturated carbocycles. The second-order valence-corrected chi connectivity index (χ2v) is 8.06. The smallest absolute Gasteiger partial charge is 0.417 e. The summed E-state index contributed by atoms with van der Waals surface area (Å²) in [5, 5.41) is 5.13.